The monoisotopic (exact) mass is 252 g/mol. The summed E-state index contributed by atoms with van der Waals surface area (Å²) >= 11 is 0. The minimum atomic E-state index is -3.84. The number of carbonyl (C=O) groups excluding carboxylic acids is 1. The van der Waals surface area contributed by atoms with Gasteiger partial charge in [-0.1, -0.05) is 23.6 Å². The number of amides is 2. The lowest BCUT2D eigenvalue weighted by Gasteiger charge is -2.07. The Kier molecular flexibility index (Phi) is 4.12. The molecule has 0 saturated heterocycles. The fourth-order valence-electron chi connectivity index (χ4n) is 1.07. The summed E-state index contributed by atoms with van der Waals surface area (Å²) in [4.78, 5) is 11.2. The van der Waals surface area contributed by atoms with Gasteiger partial charge >= 0.3 is 6.03 Å². The summed E-state index contributed by atoms with van der Waals surface area (Å²) in [7, 11) is -3.84. The van der Waals surface area contributed by atoms with Gasteiger partial charge in [-0.25, -0.2) is 17.9 Å². The van der Waals surface area contributed by atoms with Crippen LogP contribution in [0.3, 0.4) is 0 Å². The third-order valence-corrected chi connectivity index (χ3v) is 3.26. The molecule has 0 bridgehead atoms. The maximum Gasteiger partial charge on any atom is 0.329 e. The zero-order chi connectivity index (χ0) is 12.9. The van der Waals surface area contributed by atoms with E-state index in [1.807, 2.05) is 11.6 Å². The summed E-state index contributed by atoms with van der Waals surface area (Å²) < 4.78 is 25.2. The molecule has 0 radical (unpaired) electrons. The Morgan fingerprint density at radius 1 is 1.35 bits per heavy atom. The molecule has 2 amide bonds. The number of benzene rings is 1. The van der Waals surface area contributed by atoms with Crippen molar-refractivity contribution in [2.75, 3.05) is 6.54 Å². The number of urea groups is 1. The van der Waals surface area contributed by atoms with E-state index in [9.17, 15) is 13.2 Å². The van der Waals surface area contributed by atoms with Crippen LogP contribution >= 0.6 is 0 Å². The molecular weight excluding hydrogens is 240 g/mol. The predicted octanol–water partition coefficient (Wildman–Crippen LogP) is 0.616. The van der Waals surface area contributed by atoms with E-state index in [0.29, 0.717) is 0 Å². The fourth-order valence-corrected chi connectivity index (χ4v) is 1.99. The lowest BCUT2D eigenvalue weighted by molar-refractivity contribution is 0.247. The van der Waals surface area contributed by atoms with Crippen molar-refractivity contribution in [1.82, 2.24) is 10.0 Å². The normalized spacial score (nSPS) is 10.4. The Balaban J connectivity index is 2.79. The van der Waals surface area contributed by atoms with Crippen LogP contribution in [0, 0.1) is 19.3 Å². The summed E-state index contributed by atoms with van der Waals surface area (Å²) in [5.74, 6) is 2.16. The summed E-state index contributed by atoms with van der Waals surface area (Å²) in [6.45, 7) is 1.80. The highest BCUT2D eigenvalue weighted by molar-refractivity contribution is 7.90. The zero-order valence-corrected chi connectivity index (χ0v) is 10.0. The van der Waals surface area contributed by atoms with Crippen molar-refractivity contribution >= 4 is 16.1 Å². The van der Waals surface area contributed by atoms with Crippen molar-refractivity contribution in [2.45, 2.75) is 11.8 Å². The number of rotatable bonds is 3. The third kappa shape index (κ3) is 3.81. The first-order valence-electron chi connectivity index (χ1n) is 4.76. The topological polar surface area (TPSA) is 75.3 Å². The Labute approximate surface area is 100 Å². The molecule has 0 aromatic heterocycles. The number of terminal acetylenes is 1. The summed E-state index contributed by atoms with van der Waals surface area (Å²) in [6.07, 6.45) is 4.93. The molecule has 1 aromatic rings. The SMILES string of the molecule is C#CCNC(=O)NS(=O)(=O)c1ccc(C)cc1. The van der Waals surface area contributed by atoms with Gasteiger partial charge in [0.05, 0.1) is 11.4 Å². The lowest BCUT2D eigenvalue weighted by atomic mass is 10.2. The average molecular weight is 252 g/mol. The van der Waals surface area contributed by atoms with Crippen LogP contribution in [0.1, 0.15) is 5.56 Å². The van der Waals surface area contributed by atoms with Gasteiger partial charge < -0.3 is 5.32 Å². The molecule has 1 rings (SSSR count). The van der Waals surface area contributed by atoms with Gasteiger partial charge in [0.25, 0.3) is 10.0 Å². The van der Waals surface area contributed by atoms with Crippen molar-refractivity contribution in [3.63, 3.8) is 0 Å². The highest BCUT2D eigenvalue weighted by atomic mass is 32.2. The molecule has 1 aromatic carbocycles. The molecule has 0 spiro atoms. The molecule has 0 unspecified atom stereocenters. The molecule has 0 saturated carbocycles. The predicted molar refractivity (Wildman–Crippen MR) is 63.7 cm³/mol. The minimum absolute atomic E-state index is 0.0268. The smallest absolute Gasteiger partial charge is 0.326 e. The van der Waals surface area contributed by atoms with Gasteiger partial charge in [-0.05, 0) is 19.1 Å². The first-order chi connectivity index (χ1) is 7.95. The summed E-state index contributed by atoms with van der Waals surface area (Å²) in [5.41, 5.74) is 0.931. The van der Waals surface area contributed by atoms with Crippen molar-refractivity contribution in [1.29, 1.82) is 0 Å². The Morgan fingerprint density at radius 3 is 2.47 bits per heavy atom. The first-order valence-corrected chi connectivity index (χ1v) is 6.25. The molecule has 0 heterocycles. The van der Waals surface area contributed by atoms with E-state index in [1.165, 1.54) is 12.1 Å². The van der Waals surface area contributed by atoms with E-state index < -0.39 is 16.1 Å². The highest BCUT2D eigenvalue weighted by Gasteiger charge is 2.16. The van der Waals surface area contributed by atoms with E-state index in [1.54, 1.807) is 12.1 Å². The van der Waals surface area contributed by atoms with Gasteiger partial charge in [0.1, 0.15) is 0 Å². The lowest BCUT2D eigenvalue weighted by Crippen LogP contribution is -2.39. The molecular formula is C11H12N2O3S. The molecule has 0 aliphatic heterocycles. The molecule has 0 aliphatic rings. The van der Waals surface area contributed by atoms with E-state index >= 15 is 0 Å². The number of hydrogen-bond donors (Lipinski definition) is 2. The molecule has 5 nitrogen and oxygen atoms in total. The first kappa shape index (κ1) is 13.1. The second-order valence-electron chi connectivity index (χ2n) is 3.31. The van der Waals surface area contributed by atoms with Gasteiger partial charge in [0.2, 0.25) is 0 Å². The van der Waals surface area contributed by atoms with Crippen molar-refractivity contribution < 1.29 is 13.2 Å². The molecule has 0 atom stereocenters. The largest absolute Gasteiger partial charge is 0.329 e. The highest BCUT2D eigenvalue weighted by Crippen LogP contribution is 2.09. The van der Waals surface area contributed by atoms with Gasteiger partial charge in [0.15, 0.2) is 0 Å². The quantitative estimate of drug-likeness (QED) is 0.774. The van der Waals surface area contributed by atoms with Crippen LogP contribution in [0.5, 0.6) is 0 Å². The number of carbonyl (C=O) groups is 1. The summed E-state index contributed by atoms with van der Waals surface area (Å²) in [6, 6.07) is 5.30. The number of nitrogens with one attached hydrogen (secondary N) is 2. The maximum absolute atomic E-state index is 11.7. The van der Waals surface area contributed by atoms with E-state index in [2.05, 4.69) is 11.2 Å². The van der Waals surface area contributed by atoms with Crippen LogP contribution in [-0.4, -0.2) is 21.0 Å². The fraction of sp³-hybridized carbons (Fsp3) is 0.182. The third-order valence-electron chi connectivity index (χ3n) is 1.91. The number of hydrogen-bond acceptors (Lipinski definition) is 3. The number of aryl methyl sites for hydroxylation is 1. The van der Waals surface area contributed by atoms with Gasteiger partial charge in [0, 0.05) is 0 Å². The zero-order valence-electron chi connectivity index (χ0n) is 9.23. The van der Waals surface area contributed by atoms with Crippen LogP contribution in [0.25, 0.3) is 0 Å². The van der Waals surface area contributed by atoms with E-state index in [-0.39, 0.29) is 11.4 Å². The van der Waals surface area contributed by atoms with Gasteiger partial charge in [-0.15, -0.1) is 6.42 Å². The number of sulfonamides is 1. The Morgan fingerprint density at radius 2 is 1.94 bits per heavy atom. The standard InChI is InChI=1S/C11H12N2O3S/c1-3-8-12-11(14)13-17(15,16)10-6-4-9(2)5-7-10/h1,4-7H,8H2,2H3,(H2,12,13,14). The van der Waals surface area contributed by atoms with Crippen molar-refractivity contribution in [3.8, 4) is 12.3 Å². The second-order valence-corrected chi connectivity index (χ2v) is 4.99. The minimum Gasteiger partial charge on any atom is -0.326 e. The second kappa shape index (κ2) is 5.37. The van der Waals surface area contributed by atoms with Crippen LogP contribution < -0.4 is 10.0 Å². The molecule has 0 fully saturated rings. The maximum atomic E-state index is 11.7. The van der Waals surface area contributed by atoms with Crippen molar-refractivity contribution in [3.05, 3.63) is 29.8 Å². The molecule has 0 aliphatic carbocycles. The summed E-state index contributed by atoms with van der Waals surface area (Å²) in [5, 5.41) is 2.20. The van der Waals surface area contributed by atoms with Crippen LogP contribution in [-0.2, 0) is 10.0 Å². The van der Waals surface area contributed by atoms with Crippen LogP contribution in [0.15, 0.2) is 29.2 Å². The van der Waals surface area contributed by atoms with Gasteiger partial charge in [-0.3, -0.25) is 0 Å². The van der Waals surface area contributed by atoms with E-state index in [4.69, 9.17) is 6.42 Å². The van der Waals surface area contributed by atoms with Gasteiger partial charge in [-0.2, -0.15) is 0 Å². The average Bonchev–Trinajstić information content (AvgIpc) is 2.26. The Bertz CT molecular complexity index is 541. The molecule has 17 heavy (non-hydrogen) atoms. The molecule has 90 valence electrons. The Hall–Kier alpha value is -2.00. The molecule has 2 N–H and O–H groups in total. The van der Waals surface area contributed by atoms with Crippen LogP contribution in [0.2, 0.25) is 0 Å². The van der Waals surface area contributed by atoms with Crippen LogP contribution in [0.4, 0.5) is 4.79 Å². The van der Waals surface area contributed by atoms with Crippen molar-refractivity contribution in [2.24, 2.45) is 0 Å². The molecule has 6 heteroatoms. The van der Waals surface area contributed by atoms with E-state index in [0.717, 1.165) is 5.56 Å².